The van der Waals surface area contributed by atoms with Crippen LogP contribution in [0.3, 0.4) is 0 Å². The maximum absolute atomic E-state index is 13.0. The van der Waals surface area contributed by atoms with E-state index in [9.17, 15) is 18.4 Å². The normalized spacial score (nSPS) is 10.3. The first-order valence-corrected chi connectivity index (χ1v) is 7.30. The van der Waals surface area contributed by atoms with Gasteiger partial charge in [0.2, 0.25) is 5.91 Å². The van der Waals surface area contributed by atoms with E-state index in [0.717, 1.165) is 31.4 Å². The average molecular weight is 313 g/mol. The Morgan fingerprint density at radius 3 is 2.55 bits per heavy atom. The summed E-state index contributed by atoms with van der Waals surface area (Å²) in [5.41, 5.74) is 0.590. The molecule has 1 amide bonds. The van der Waals surface area contributed by atoms with Gasteiger partial charge in [-0.1, -0.05) is 12.5 Å². The van der Waals surface area contributed by atoms with Crippen LogP contribution in [0.1, 0.15) is 37.7 Å². The number of nitrogens with one attached hydrogen (secondary N) is 1. The molecule has 1 aromatic rings. The number of halogens is 2. The first-order valence-electron chi connectivity index (χ1n) is 7.30. The van der Waals surface area contributed by atoms with Crippen LogP contribution in [-0.4, -0.2) is 25.5 Å². The van der Waals surface area contributed by atoms with E-state index in [2.05, 4.69) is 10.1 Å². The summed E-state index contributed by atoms with van der Waals surface area (Å²) in [6.45, 7) is 0.539. The smallest absolute Gasteiger partial charge is 0.305 e. The second-order valence-corrected chi connectivity index (χ2v) is 4.99. The van der Waals surface area contributed by atoms with Gasteiger partial charge in [-0.3, -0.25) is 9.59 Å². The molecule has 0 heterocycles. The van der Waals surface area contributed by atoms with Crippen LogP contribution < -0.4 is 5.32 Å². The number of unbranched alkanes of at least 4 members (excludes halogenated alkanes) is 2. The molecular weight excluding hydrogens is 292 g/mol. The fourth-order valence-electron chi connectivity index (χ4n) is 1.94. The van der Waals surface area contributed by atoms with Crippen LogP contribution in [-0.2, 0) is 20.7 Å². The maximum Gasteiger partial charge on any atom is 0.305 e. The minimum atomic E-state index is -0.900. The van der Waals surface area contributed by atoms with Crippen molar-refractivity contribution in [2.75, 3.05) is 13.7 Å². The van der Waals surface area contributed by atoms with Gasteiger partial charge in [0.1, 0.15) is 0 Å². The monoisotopic (exact) mass is 313 g/mol. The highest BCUT2D eigenvalue weighted by Gasteiger charge is 2.06. The number of methoxy groups -OCH3 is 1. The predicted octanol–water partition coefficient (Wildman–Crippen LogP) is 2.75. The summed E-state index contributed by atoms with van der Waals surface area (Å²) < 4.78 is 30.3. The van der Waals surface area contributed by atoms with Crippen molar-refractivity contribution in [2.24, 2.45) is 0 Å². The molecule has 22 heavy (non-hydrogen) atoms. The number of hydrogen-bond donors (Lipinski definition) is 1. The summed E-state index contributed by atoms with van der Waals surface area (Å²) in [5.74, 6) is -2.14. The van der Waals surface area contributed by atoms with E-state index in [1.807, 2.05) is 0 Å². The van der Waals surface area contributed by atoms with Gasteiger partial charge in [0, 0.05) is 19.4 Å². The lowest BCUT2D eigenvalue weighted by atomic mass is 10.1. The third-order valence-electron chi connectivity index (χ3n) is 3.23. The summed E-state index contributed by atoms with van der Waals surface area (Å²) in [5, 5.41) is 2.76. The predicted molar refractivity (Wildman–Crippen MR) is 78.2 cm³/mol. The summed E-state index contributed by atoms with van der Waals surface area (Å²) in [6, 6.07) is 3.64. The summed E-state index contributed by atoms with van der Waals surface area (Å²) >= 11 is 0. The van der Waals surface area contributed by atoms with E-state index < -0.39 is 11.6 Å². The van der Waals surface area contributed by atoms with Gasteiger partial charge in [-0.25, -0.2) is 8.78 Å². The third-order valence-corrected chi connectivity index (χ3v) is 3.23. The standard InChI is InChI=1S/C16H21F2NO3/c1-22-16(21)5-3-2-4-10-19-15(20)9-7-12-6-8-13(17)14(18)11-12/h6,8,11H,2-5,7,9-10H2,1H3,(H,19,20). The number of carbonyl (C=O) groups is 2. The zero-order valence-electron chi connectivity index (χ0n) is 12.7. The second kappa shape index (κ2) is 9.87. The highest BCUT2D eigenvalue weighted by Crippen LogP contribution is 2.10. The maximum atomic E-state index is 13.0. The molecule has 0 saturated carbocycles. The van der Waals surface area contributed by atoms with E-state index >= 15 is 0 Å². The van der Waals surface area contributed by atoms with Crippen molar-refractivity contribution in [1.29, 1.82) is 0 Å². The Kier molecular flexibility index (Phi) is 8.10. The van der Waals surface area contributed by atoms with Gasteiger partial charge in [-0.15, -0.1) is 0 Å². The SMILES string of the molecule is COC(=O)CCCCCNC(=O)CCc1ccc(F)c(F)c1. The Morgan fingerprint density at radius 1 is 1.09 bits per heavy atom. The Hall–Kier alpha value is -1.98. The van der Waals surface area contributed by atoms with Gasteiger partial charge in [-0.2, -0.15) is 0 Å². The minimum absolute atomic E-state index is 0.127. The largest absolute Gasteiger partial charge is 0.469 e. The molecule has 0 spiro atoms. The van der Waals surface area contributed by atoms with Crippen LogP contribution in [0.25, 0.3) is 0 Å². The van der Waals surface area contributed by atoms with Crippen LogP contribution in [0.2, 0.25) is 0 Å². The van der Waals surface area contributed by atoms with E-state index in [1.165, 1.54) is 13.2 Å². The molecule has 122 valence electrons. The highest BCUT2D eigenvalue weighted by molar-refractivity contribution is 5.76. The fourth-order valence-corrected chi connectivity index (χ4v) is 1.94. The molecule has 0 aliphatic carbocycles. The van der Waals surface area contributed by atoms with Gasteiger partial charge in [-0.05, 0) is 37.0 Å². The van der Waals surface area contributed by atoms with Crippen LogP contribution in [0.15, 0.2) is 18.2 Å². The molecule has 0 aromatic heterocycles. The first-order chi connectivity index (χ1) is 10.5. The molecule has 0 aliphatic heterocycles. The number of aryl methyl sites for hydroxylation is 1. The quantitative estimate of drug-likeness (QED) is 0.563. The molecule has 6 heteroatoms. The van der Waals surface area contributed by atoms with Crippen LogP contribution >= 0.6 is 0 Å². The minimum Gasteiger partial charge on any atom is -0.469 e. The van der Waals surface area contributed by atoms with E-state index in [0.29, 0.717) is 24.9 Å². The number of carbonyl (C=O) groups excluding carboxylic acids is 2. The van der Waals surface area contributed by atoms with Crippen molar-refractivity contribution < 1.29 is 23.1 Å². The molecule has 1 aromatic carbocycles. The Labute approximate surface area is 128 Å². The molecular formula is C16H21F2NO3. The molecule has 0 fully saturated rings. The van der Waals surface area contributed by atoms with Gasteiger partial charge in [0.05, 0.1) is 7.11 Å². The first kappa shape index (κ1) is 18.1. The van der Waals surface area contributed by atoms with Crippen molar-refractivity contribution in [3.05, 3.63) is 35.4 Å². The van der Waals surface area contributed by atoms with Crippen LogP contribution in [0.5, 0.6) is 0 Å². The molecule has 0 bridgehead atoms. The summed E-state index contributed by atoms with van der Waals surface area (Å²) in [6.07, 6.45) is 3.34. The van der Waals surface area contributed by atoms with Crippen molar-refractivity contribution in [2.45, 2.75) is 38.5 Å². The lowest BCUT2D eigenvalue weighted by Gasteiger charge is -2.06. The number of benzene rings is 1. The number of esters is 1. The molecule has 0 radical (unpaired) electrons. The Morgan fingerprint density at radius 2 is 1.86 bits per heavy atom. The van der Waals surface area contributed by atoms with Crippen molar-refractivity contribution in [3.63, 3.8) is 0 Å². The molecule has 0 aliphatic rings. The number of ether oxygens (including phenoxy) is 1. The summed E-state index contributed by atoms with van der Waals surface area (Å²) in [4.78, 5) is 22.5. The van der Waals surface area contributed by atoms with Crippen LogP contribution in [0.4, 0.5) is 8.78 Å². The zero-order chi connectivity index (χ0) is 16.4. The van der Waals surface area contributed by atoms with Gasteiger partial charge < -0.3 is 10.1 Å². The topological polar surface area (TPSA) is 55.4 Å². The fraction of sp³-hybridized carbons (Fsp3) is 0.500. The molecule has 1 N–H and O–H groups in total. The van der Waals surface area contributed by atoms with Crippen molar-refractivity contribution in [3.8, 4) is 0 Å². The number of amides is 1. The Balaban J connectivity index is 2.11. The molecule has 0 saturated heterocycles. The lowest BCUT2D eigenvalue weighted by Crippen LogP contribution is -2.24. The van der Waals surface area contributed by atoms with Gasteiger partial charge >= 0.3 is 5.97 Å². The zero-order valence-corrected chi connectivity index (χ0v) is 12.7. The van der Waals surface area contributed by atoms with E-state index in [1.54, 1.807) is 0 Å². The molecule has 4 nitrogen and oxygen atoms in total. The molecule has 0 atom stereocenters. The number of rotatable bonds is 9. The van der Waals surface area contributed by atoms with Crippen molar-refractivity contribution >= 4 is 11.9 Å². The van der Waals surface area contributed by atoms with E-state index in [4.69, 9.17) is 0 Å². The molecule has 0 unspecified atom stereocenters. The van der Waals surface area contributed by atoms with Gasteiger partial charge in [0.25, 0.3) is 0 Å². The second-order valence-electron chi connectivity index (χ2n) is 4.99. The lowest BCUT2D eigenvalue weighted by molar-refractivity contribution is -0.140. The van der Waals surface area contributed by atoms with Gasteiger partial charge in [0.15, 0.2) is 11.6 Å². The molecule has 1 rings (SSSR count). The highest BCUT2D eigenvalue weighted by atomic mass is 19.2. The van der Waals surface area contributed by atoms with E-state index in [-0.39, 0.29) is 18.3 Å². The Bertz CT molecular complexity index is 506. The van der Waals surface area contributed by atoms with Crippen LogP contribution in [0, 0.1) is 11.6 Å². The number of hydrogen-bond acceptors (Lipinski definition) is 3. The summed E-state index contributed by atoms with van der Waals surface area (Å²) in [7, 11) is 1.36. The third kappa shape index (κ3) is 7.15. The average Bonchev–Trinajstić information content (AvgIpc) is 2.51. The van der Waals surface area contributed by atoms with Crippen molar-refractivity contribution in [1.82, 2.24) is 5.32 Å².